The second kappa shape index (κ2) is 8.50. The minimum absolute atomic E-state index is 0.0612. The molecule has 2 fully saturated rings. The highest BCUT2D eigenvalue weighted by Gasteiger charge is 2.33. The van der Waals surface area contributed by atoms with Crippen LogP contribution in [0.5, 0.6) is 0 Å². The molecule has 6 nitrogen and oxygen atoms in total. The van der Waals surface area contributed by atoms with Gasteiger partial charge in [-0.1, -0.05) is 30.3 Å². The first kappa shape index (κ1) is 19.3. The summed E-state index contributed by atoms with van der Waals surface area (Å²) in [5.41, 5.74) is 1.38. The first-order valence-electron chi connectivity index (χ1n) is 9.54. The van der Waals surface area contributed by atoms with Gasteiger partial charge < -0.3 is 4.90 Å². The lowest BCUT2D eigenvalue weighted by atomic mass is 9.89. The summed E-state index contributed by atoms with van der Waals surface area (Å²) in [5.74, 6) is 0.818. The van der Waals surface area contributed by atoms with Gasteiger partial charge in [0.1, 0.15) is 0 Å². The van der Waals surface area contributed by atoms with E-state index in [1.807, 2.05) is 11.0 Å². The van der Waals surface area contributed by atoms with E-state index in [-0.39, 0.29) is 11.8 Å². The SMILES string of the molecule is NS(=O)(=O)N1CCC(C(=O)N2CCC(CCc3ccccc3)CC2)CC1. The number of likely N-dealkylation sites (tertiary alicyclic amines) is 1. The van der Waals surface area contributed by atoms with Crippen molar-refractivity contribution in [3.8, 4) is 0 Å². The summed E-state index contributed by atoms with van der Waals surface area (Å²) in [6.45, 7) is 2.35. The van der Waals surface area contributed by atoms with Crippen molar-refractivity contribution in [3.05, 3.63) is 35.9 Å². The Morgan fingerprint density at radius 3 is 2.19 bits per heavy atom. The van der Waals surface area contributed by atoms with Gasteiger partial charge in [-0.05, 0) is 50.0 Å². The van der Waals surface area contributed by atoms with Crippen molar-refractivity contribution in [2.75, 3.05) is 26.2 Å². The summed E-state index contributed by atoms with van der Waals surface area (Å²) in [6.07, 6.45) is 5.56. The highest BCUT2D eigenvalue weighted by atomic mass is 32.2. The first-order valence-corrected chi connectivity index (χ1v) is 11.0. The Bertz CT molecular complexity index is 692. The molecule has 0 radical (unpaired) electrons. The molecule has 1 amide bonds. The first-order chi connectivity index (χ1) is 12.4. The minimum atomic E-state index is -3.63. The van der Waals surface area contributed by atoms with E-state index in [0.29, 0.717) is 31.8 Å². The molecule has 0 saturated carbocycles. The zero-order valence-corrected chi connectivity index (χ0v) is 16.0. The normalized spacial score (nSPS) is 21.0. The number of rotatable bonds is 5. The summed E-state index contributed by atoms with van der Waals surface area (Å²) in [4.78, 5) is 14.7. The summed E-state index contributed by atoms with van der Waals surface area (Å²) < 4.78 is 24.0. The Labute approximate surface area is 156 Å². The van der Waals surface area contributed by atoms with Crippen molar-refractivity contribution in [1.29, 1.82) is 0 Å². The highest BCUT2D eigenvalue weighted by molar-refractivity contribution is 7.86. The number of nitrogens with zero attached hydrogens (tertiary/aromatic N) is 2. The Morgan fingerprint density at radius 2 is 1.62 bits per heavy atom. The van der Waals surface area contributed by atoms with E-state index < -0.39 is 10.2 Å². The number of hydrogen-bond acceptors (Lipinski definition) is 3. The lowest BCUT2D eigenvalue weighted by Crippen LogP contribution is -2.47. The molecule has 2 aliphatic rings. The molecule has 7 heteroatoms. The molecule has 2 aliphatic heterocycles. The van der Waals surface area contributed by atoms with Crippen LogP contribution in [-0.4, -0.2) is 49.7 Å². The summed E-state index contributed by atoms with van der Waals surface area (Å²) >= 11 is 0. The second-order valence-corrected chi connectivity index (χ2v) is 9.06. The van der Waals surface area contributed by atoms with Gasteiger partial charge in [-0.15, -0.1) is 0 Å². The van der Waals surface area contributed by atoms with Crippen molar-refractivity contribution in [3.63, 3.8) is 0 Å². The largest absolute Gasteiger partial charge is 0.342 e. The summed E-state index contributed by atoms with van der Waals surface area (Å²) in [6, 6.07) is 10.6. The third kappa shape index (κ3) is 5.05. The van der Waals surface area contributed by atoms with Crippen LogP contribution in [0.2, 0.25) is 0 Å². The molecule has 26 heavy (non-hydrogen) atoms. The fourth-order valence-electron chi connectivity index (χ4n) is 4.07. The average Bonchev–Trinajstić information content (AvgIpc) is 2.66. The minimum Gasteiger partial charge on any atom is -0.342 e. The maximum atomic E-state index is 12.7. The van der Waals surface area contributed by atoms with Crippen LogP contribution in [0.3, 0.4) is 0 Å². The van der Waals surface area contributed by atoms with Crippen LogP contribution in [-0.2, 0) is 21.4 Å². The number of aryl methyl sites for hydroxylation is 1. The van der Waals surface area contributed by atoms with E-state index in [4.69, 9.17) is 5.14 Å². The zero-order chi connectivity index (χ0) is 18.6. The molecule has 0 atom stereocenters. The van der Waals surface area contributed by atoms with Crippen LogP contribution in [0, 0.1) is 11.8 Å². The molecule has 144 valence electrons. The molecule has 2 heterocycles. The molecule has 2 saturated heterocycles. The molecule has 0 bridgehead atoms. The summed E-state index contributed by atoms with van der Waals surface area (Å²) in [7, 11) is -3.63. The fourth-order valence-corrected chi connectivity index (χ4v) is 4.79. The topological polar surface area (TPSA) is 83.7 Å². The third-order valence-corrected chi connectivity index (χ3v) is 6.86. The quantitative estimate of drug-likeness (QED) is 0.846. The predicted molar refractivity (Wildman–Crippen MR) is 101 cm³/mol. The lowest BCUT2D eigenvalue weighted by molar-refractivity contribution is -0.138. The van der Waals surface area contributed by atoms with Crippen molar-refractivity contribution in [2.24, 2.45) is 17.0 Å². The van der Waals surface area contributed by atoms with E-state index >= 15 is 0 Å². The van der Waals surface area contributed by atoms with Crippen LogP contribution < -0.4 is 5.14 Å². The average molecular weight is 380 g/mol. The number of carbonyl (C=O) groups excluding carboxylic acids is 1. The molecule has 0 aliphatic carbocycles. The van der Waals surface area contributed by atoms with Gasteiger partial charge in [0.25, 0.3) is 10.2 Å². The highest BCUT2D eigenvalue weighted by Crippen LogP contribution is 2.26. The number of hydrogen-bond donors (Lipinski definition) is 1. The van der Waals surface area contributed by atoms with Gasteiger partial charge in [0.15, 0.2) is 0 Å². The monoisotopic (exact) mass is 379 g/mol. The lowest BCUT2D eigenvalue weighted by Gasteiger charge is -2.36. The standard InChI is InChI=1S/C19H29N3O3S/c20-26(24,25)22-14-10-18(11-15-22)19(23)21-12-8-17(9-13-21)7-6-16-4-2-1-3-5-16/h1-5,17-18H,6-15H2,(H2,20,24,25). The van der Waals surface area contributed by atoms with Crippen LogP contribution in [0.1, 0.15) is 37.7 Å². The Kier molecular flexibility index (Phi) is 6.32. The van der Waals surface area contributed by atoms with Crippen molar-refractivity contribution in [1.82, 2.24) is 9.21 Å². The molecule has 0 spiro atoms. The van der Waals surface area contributed by atoms with Crippen LogP contribution in [0.4, 0.5) is 0 Å². The van der Waals surface area contributed by atoms with Crippen molar-refractivity contribution in [2.45, 2.75) is 38.5 Å². The van der Waals surface area contributed by atoms with E-state index in [1.165, 1.54) is 16.3 Å². The maximum Gasteiger partial charge on any atom is 0.276 e. The molecular weight excluding hydrogens is 350 g/mol. The van der Waals surface area contributed by atoms with Crippen LogP contribution in [0.15, 0.2) is 30.3 Å². The van der Waals surface area contributed by atoms with Gasteiger partial charge in [0.2, 0.25) is 5.91 Å². The van der Waals surface area contributed by atoms with Crippen molar-refractivity contribution >= 4 is 16.1 Å². The van der Waals surface area contributed by atoms with Crippen LogP contribution >= 0.6 is 0 Å². The number of amides is 1. The van der Waals surface area contributed by atoms with Crippen LogP contribution in [0.25, 0.3) is 0 Å². The Balaban J connectivity index is 1.41. The second-order valence-electron chi connectivity index (χ2n) is 7.51. The van der Waals surface area contributed by atoms with Gasteiger partial charge in [-0.25, -0.2) is 5.14 Å². The van der Waals surface area contributed by atoms with Gasteiger partial charge >= 0.3 is 0 Å². The molecule has 2 N–H and O–H groups in total. The number of nitrogens with two attached hydrogens (primary N) is 1. The smallest absolute Gasteiger partial charge is 0.276 e. The van der Waals surface area contributed by atoms with E-state index in [1.54, 1.807) is 0 Å². The molecule has 1 aromatic rings. The number of carbonyl (C=O) groups is 1. The maximum absolute atomic E-state index is 12.7. The van der Waals surface area contributed by atoms with Gasteiger partial charge in [0, 0.05) is 32.1 Å². The van der Waals surface area contributed by atoms with Gasteiger partial charge in [0.05, 0.1) is 0 Å². The van der Waals surface area contributed by atoms with E-state index in [0.717, 1.165) is 32.4 Å². The molecule has 0 unspecified atom stereocenters. The fraction of sp³-hybridized carbons (Fsp3) is 0.632. The summed E-state index contributed by atoms with van der Waals surface area (Å²) in [5, 5.41) is 5.16. The molecule has 0 aromatic heterocycles. The number of piperidine rings is 2. The predicted octanol–water partition coefficient (Wildman–Crippen LogP) is 1.77. The van der Waals surface area contributed by atoms with E-state index in [2.05, 4.69) is 24.3 Å². The molecule has 1 aromatic carbocycles. The van der Waals surface area contributed by atoms with Gasteiger partial charge in [-0.2, -0.15) is 12.7 Å². The Hall–Kier alpha value is -1.44. The Morgan fingerprint density at radius 1 is 1.00 bits per heavy atom. The zero-order valence-electron chi connectivity index (χ0n) is 15.2. The van der Waals surface area contributed by atoms with Gasteiger partial charge in [-0.3, -0.25) is 4.79 Å². The molecule has 3 rings (SSSR count). The number of benzene rings is 1. The third-order valence-electron chi connectivity index (χ3n) is 5.77. The van der Waals surface area contributed by atoms with Crippen molar-refractivity contribution < 1.29 is 13.2 Å². The molecular formula is C19H29N3O3S. The van der Waals surface area contributed by atoms with E-state index in [9.17, 15) is 13.2 Å².